The zero-order chi connectivity index (χ0) is 17.6. The molecule has 9 heteroatoms. The number of piperidine rings is 1. The summed E-state index contributed by atoms with van der Waals surface area (Å²) in [5.41, 5.74) is 3.28. The van der Waals surface area contributed by atoms with Gasteiger partial charge in [0, 0.05) is 17.5 Å². The third-order valence-electron chi connectivity index (χ3n) is 4.71. The highest BCUT2D eigenvalue weighted by molar-refractivity contribution is 6.49. The van der Waals surface area contributed by atoms with Crippen molar-refractivity contribution in [3.8, 4) is 22.6 Å². The van der Waals surface area contributed by atoms with Crippen LogP contribution in [0.15, 0.2) is 24.4 Å². The number of nitrogens with zero attached hydrogens (tertiary/aromatic N) is 2. The van der Waals surface area contributed by atoms with E-state index in [9.17, 15) is 0 Å². The Labute approximate surface area is 178 Å². The Kier molecular flexibility index (Phi) is 7.36. The number of aromatic nitrogens is 3. The van der Waals surface area contributed by atoms with Crippen LogP contribution in [0, 0.1) is 0 Å². The summed E-state index contributed by atoms with van der Waals surface area (Å²) in [7, 11) is 0. The maximum Gasteiger partial charge on any atom is 0.109 e. The van der Waals surface area contributed by atoms with Crippen molar-refractivity contribution in [2.75, 3.05) is 6.54 Å². The Bertz CT molecular complexity index is 901. The molecule has 2 unspecified atom stereocenters. The van der Waals surface area contributed by atoms with Gasteiger partial charge in [-0.3, -0.25) is 0 Å². The average Bonchev–Trinajstić information content (AvgIpc) is 3.02. The minimum atomic E-state index is 0. The van der Waals surface area contributed by atoms with E-state index in [1.807, 2.05) is 18.3 Å². The number of nitrogens with one attached hydrogen (secondary N) is 2. The average molecular weight is 450 g/mol. The molecule has 0 amide bonds. The summed E-state index contributed by atoms with van der Waals surface area (Å²) in [6.45, 7) is 3.22. The van der Waals surface area contributed by atoms with Crippen LogP contribution in [0.4, 0.5) is 0 Å². The summed E-state index contributed by atoms with van der Waals surface area (Å²) in [5, 5.41) is 4.66. The number of halogens is 4. The molecule has 5 nitrogen and oxygen atoms in total. The molecule has 0 radical (unpaired) electrons. The minimum Gasteiger partial charge on any atom is -0.412 e. The first-order valence-electron chi connectivity index (χ1n) is 8.26. The second kappa shape index (κ2) is 8.95. The van der Waals surface area contributed by atoms with Gasteiger partial charge in [-0.1, -0.05) is 34.8 Å². The number of rotatable bonds is 2. The van der Waals surface area contributed by atoms with Gasteiger partial charge in [0.25, 0.3) is 0 Å². The highest BCUT2D eigenvalue weighted by atomic mass is 35.5. The summed E-state index contributed by atoms with van der Waals surface area (Å²) < 4.78 is 0. The van der Waals surface area contributed by atoms with E-state index in [1.54, 1.807) is 6.07 Å². The summed E-state index contributed by atoms with van der Waals surface area (Å²) in [6, 6.07) is 6.05. The third kappa shape index (κ3) is 4.34. The lowest BCUT2D eigenvalue weighted by Crippen LogP contribution is -2.35. The van der Waals surface area contributed by atoms with Crippen molar-refractivity contribution in [3.05, 3.63) is 45.3 Å². The Balaban J connectivity index is 0.00000131. The molecule has 2 atom stereocenters. The first-order valence-corrected chi connectivity index (χ1v) is 9.39. The van der Waals surface area contributed by atoms with Gasteiger partial charge >= 0.3 is 0 Å². The lowest BCUT2D eigenvalue weighted by atomic mass is 9.92. The van der Waals surface area contributed by atoms with Gasteiger partial charge in [-0.2, -0.15) is 0 Å². The molecule has 0 saturated carbocycles. The molecule has 1 aromatic rings. The van der Waals surface area contributed by atoms with E-state index in [2.05, 4.69) is 27.2 Å². The van der Waals surface area contributed by atoms with Gasteiger partial charge in [-0.05, 0) is 44.5 Å². The second-order valence-electron chi connectivity index (χ2n) is 6.51. The summed E-state index contributed by atoms with van der Waals surface area (Å²) in [5.74, 6) is 1.45. The predicted molar refractivity (Wildman–Crippen MR) is 114 cm³/mol. The van der Waals surface area contributed by atoms with Crippen LogP contribution in [0.1, 0.15) is 31.5 Å². The molecule has 1 fully saturated rings. The largest absolute Gasteiger partial charge is 0.412 e. The molecule has 0 spiro atoms. The standard InChI is InChI=1S/C18H17Cl3N4.ClH.H2O/c1-9-6-10(4-5-22-9)18-23-8-15-14(25-18)7-13(24-15)11-2-3-12(19)17(21)16(11)20;;/h2-3,7-10,22H,4-6H2,1H3,(H,23,25);1H;1H2. The lowest BCUT2D eigenvalue weighted by Gasteiger charge is -2.27. The molecule has 1 saturated heterocycles. The van der Waals surface area contributed by atoms with Crippen molar-refractivity contribution >= 4 is 47.2 Å². The Morgan fingerprint density at radius 3 is 2.63 bits per heavy atom. The fourth-order valence-electron chi connectivity index (χ4n) is 3.38. The molecular formula is C18H20Cl4N4O. The lowest BCUT2D eigenvalue weighted by molar-refractivity contribution is 0.371. The highest BCUT2D eigenvalue weighted by Gasteiger charge is 2.23. The molecule has 146 valence electrons. The van der Waals surface area contributed by atoms with Gasteiger partial charge in [0.1, 0.15) is 11.5 Å². The van der Waals surface area contributed by atoms with E-state index in [0.29, 0.717) is 27.0 Å². The number of fused-ring (bicyclic) bond motifs is 1. The van der Waals surface area contributed by atoms with Crippen molar-refractivity contribution < 1.29 is 5.48 Å². The van der Waals surface area contributed by atoms with Gasteiger partial charge in [-0.25, -0.2) is 9.97 Å². The van der Waals surface area contributed by atoms with Crippen molar-refractivity contribution in [3.63, 3.8) is 0 Å². The van der Waals surface area contributed by atoms with Crippen LogP contribution in [-0.2, 0) is 0 Å². The van der Waals surface area contributed by atoms with E-state index in [-0.39, 0.29) is 17.9 Å². The van der Waals surface area contributed by atoms with Crippen molar-refractivity contribution in [1.29, 1.82) is 0 Å². The summed E-state index contributed by atoms with van der Waals surface area (Å²) >= 11 is 18.5. The molecule has 0 aliphatic carbocycles. The van der Waals surface area contributed by atoms with Gasteiger partial charge in [0.15, 0.2) is 0 Å². The van der Waals surface area contributed by atoms with Crippen LogP contribution in [-0.4, -0.2) is 33.0 Å². The Morgan fingerprint density at radius 1 is 1.11 bits per heavy atom. The maximum atomic E-state index is 6.34. The van der Waals surface area contributed by atoms with Crippen LogP contribution in [0.3, 0.4) is 0 Å². The Morgan fingerprint density at radius 2 is 1.89 bits per heavy atom. The monoisotopic (exact) mass is 448 g/mol. The summed E-state index contributed by atoms with van der Waals surface area (Å²) in [4.78, 5) is 12.7. The topological polar surface area (TPSA) is 85.1 Å². The van der Waals surface area contributed by atoms with Crippen LogP contribution < -0.4 is 5.32 Å². The van der Waals surface area contributed by atoms with Gasteiger partial charge in [0.2, 0.25) is 0 Å². The van der Waals surface area contributed by atoms with Crippen molar-refractivity contribution in [2.45, 2.75) is 31.7 Å². The fraction of sp³-hybridized carbons (Fsp3) is 0.333. The third-order valence-corrected chi connectivity index (χ3v) is 6.00. The molecular weight excluding hydrogens is 430 g/mol. The molecule has 27 heavy (non-hydrogen) atoms. The Hall–Kier alpha value is -1.08. The van der Waals surface area contributed by atoms with Gasteiger partial charge in [-0.15, -0.1) is 12.4 Å². The molecule has 3 aliphatic rings. The van der Waals surface area contributed by atoms with Crippen molar-refractivity contribution in [1.82, 2.24) is 20.3 Å². The van der Waals surface area contributed by atoms with E-state index in [1.165, 1.54) is 0 Å². The van der Waals surface area contributed by atoms with E-state index < -0.39 is 0 Å². The molecule has 4 N–H and O–H groups in total. The van der Waals surface area contributed by atoms with Gasteiger partial charge < -0.3 is 15.8 Å². The zero-order valence-electron chi connectivity index (χ0n) is 14.5. The molecule has 3 heterocycles. The quantitative estimate of drug-likeness (QED) is 0.540. The van der Waals surface area contributed by atoms with Gasteiger partial charge in [0.05, 0.1) is 32.7 Å². The fourth-order valence-corrected chi connectivity index (χ4v) is 4.01. The maximum absolute atomic E-state index is 6.34. The number of hydrogen-bond acceptors (Lipinski definition) is 3. The number of aromatic amines is 1. The number of H-pyrrole nitrogens is 1. The van der Waals surface area contributed by atoms with Crippen LogP contribution in [0.2, 0.25) is 15.1 Å². The van der Waals surface area contributed by atoms with Crippen LogP contribution >= 0.6 is 47.2 Å². The predicted octanol–water partition coefficient (Wildman–Crippen LogP) is 4.99. The zero-order valence-corrected chi connectivity index (χ0v) is 17.6. The first kappa shape index (κ1) is 22.2. The summed E-state index contributed by atoms with van der Waals surface area (Å²) in [6.07, 6.45) is 3.98. The smallest absolute Gasteiger partial charge is 0.109 e. The first-order chi connectivity index (χ1) is 12.0. The molecule has 0 aromatic heterocycles. The van der Waals surface area contributed by atoms with Crippen molar-refractivity contribution in [2.24, 2.45) is 0 Å². The highest BCUT2D eigenvalue weighted by Crippen LogP contribution is 2.39. The van der Waals surface area contributed by atoms with E-state index in [0.717, 1.165) is 47.9 Å². The molecule has 1 aromatic carbocycles. The SMILES string of the molecule is CC1CC(c2ncc3nc(-c4ccc(Cl)c(Cl)c4Cl)cc-3[nH]2)CCN1.Cl.O. The van der Waals surface area contributed by atoms with Crippen LogP contribution in [0.5, 0.6) is 0 Å². The molecule has 0 bridgehead atoms. The molecule has 3 aliphatic heterocycles. The molecule has 4 rings (SSSR count). The normalized spacial score (nSPS) is 19.4. The van der Waals surface area contributed by atoms with Crippen LogP contribution in [0.25, 0.3) is 22.6 Å². The van der Waals surface area contributed by atoms with E-state index >= 15 is 0 Å². The van der Waals surface area contributed by atoms with E-state index in [4.69, 9.17) is 34.8 Å². The minimum absolute atomic E-state index is 0. The number of benzene rings is 1. The second-order valence-corrected chi connectivity index (χ2v) is 7.67. The number of hydrogen-bond donors (Lipinski definition) is 2.